The average molecular weight is 418 g/mol. The maximum absolute atomic E-state index is 13.3. The summed E-state index contributed by atoms with van der Waals surface area (Å²) in [5, 5.41) is 11.9. The van der Waals surface area contributed by atoms with Crippen molar-refractivity contribution in [3.8, 4) is 0 Å². The van der Waals surface area contributed by atoms with Crippen LogP contribution in [0.25, 0.3) is 6.08 Å². The number of benzene rings is 3. The van der Waals surface area contributed by atoms with Gasteiger partial charge in [-0.3, -0.25) is 9.59 Å². The van der Waals surface area contributed by atoms with Crippen LogP contribution in [0, 0.1) is 0 Å². The molecule has 1 N–H and O–H groups in total. The van der Waals surface area contributed by atoms with Crippen molar-refractivity contribution in [3.05, 3.63) is 107 Å². The van der Waals surface area contributed by atoms with Crippen LogP contribution in [-0.2, 0) is 21.7 Å². The minimum atomic E-state index is -1.91. The van der Waals surface area contributed by atoms with Crippen LogP contribution >= 0.6 is 11.6 Å². The number of rotatable bonds is 6. The normalized spacial score (nSPS) is 18.1. The van der Waals surface area contributed by atoms with E-state index < -0.39 is 11.5 Å². The molecule has 1 aliphatic heterocycles. The molecule has 1 heterocycles. The number of hydrogen-bond donors (Lipinski definition) is 1. The molecular formula is C25H20ClNO3. The van der Waals surface area contributed by atoms with Crippen molar-refractivity contribution in [2.45, 2.75) is 18.6 Å². The quantitative estimate of drug-likeness (QED) is 0.589. The van der Waals surface area contributed by atoms with Gasteiger partial charge < -0.3 is 10.0 Å². The number of amides is 1. The highest BCUT2D eigenvalue weighted by atomic mass is 35.5. The summed E-state index contributed by atoms with van der Waals surface area (Å²) in [7, 11) is 0. The molecule has 1 aliphatic rings. The molecule has 3 aromatic carbocycles. The lowest BCUT2D eigenvalue weighted by Crippen LogP contribution is -2.41. The fourth-order valence-corrected chi connectivity index (χ4v) is 3.89. The molecule has 4 nitrogen and oxygen atoms in total. The van der Waals surface area contributed by atoms with Crippen LogP contribution in [-0.4, -0.2) is 16.8 Å². The molecule has 150 valence electrons. The lowest BCUT2D eigenvalue weighted by atomic mass is 9.89. The van der Waals surface area contributed by atoms with Crippen LogP contribution in [0.3, 0.4) is 0 Å². The summed E-state index contributed by atoms with van der Waals surface area (Å²) in [5.74, 6) is -0.853. The number of para-hydroxylation sites is 1. The Bertz CT molecular complexity index is 1130. The maximum atomic E-state index is 13.3. The van der Waals surface area contributed by atoms with Crippen LogP contribution in [0.15, 0.2) is 84.9 Å². The van der Waals surface area contributed by atoms with Gasteiger partial charge in [0.25, 0.3) is 5.91 Å². The van der Waals surface area contributed by atoms with Gasteiger partial charge in [0.05, 0.1) is 18.7 Å². The molecule has 0 bridgehead atoms. The van der Waals surface area contributed by atoms with E-state index in [-0.39, 0.29) is 18.7 Å². The number of hydrogen-bond acceptors (Lipinski definition) is 3. The zero-order valence-corrected chi connectivity index (χ0v) is 16.9. The van der Waals surface area contributed by atoms with Gasteiger partial charge in [-0.1, -0.05) is 84.4 Å². The second kappa shape index (κ2) is 8.27. The van der Waals surface area contributed by atoms with Crippen molar-refractivity contribution in [3.63, 3.8) is 0 Å². The second-order valence-electron chi connectivity index (χ2n) is 7.25. The van der Waals surface area contributed by atoms with Crippen molar-refractivity contribution >= 4 is 35.1 Å². The lowest BCUT2D eigenvalue weighted by Gasteiger charge is -2.22. The standard InChI is InChI=1S/C25H20ClNO3/c26-22-12-6-4-10-19(22)17-27-23-13-7-5-11-21(23)25(30,24(27)29)16-20(28)15-14-18-8-2-1-3-9-18/h1-15,30H,16-17H2/b15-14-/t25-/m1/s1. The SMILES string of the molecule is O=C(/C=C\c1ccccc1)C[C@]1(O)C(=O)N(Cc2ccccc2Cl)c2ccccc21. The van der Waals surface area contributed by atoms with Gasteiger partial charge in [0, 0.05) is 10.6 Å². The van der Waals surface area contributed by atoms with Crippen molar-refractivity contribution in [1.29, 1.82) is 0 Å². The Morgan fingerprint density at radius 2 is 1.63 bits per heavy atom. The van der Waals surface area contributed by atoms with Gasteiger partial charge in [0.15, 0.2) is 11.4 Å². The Labute approximate surface area is 180 Å². The molecule has 30 heavy (non-hydrogen) atoms. The highest BCUT2D eigenvalue weighted by Crippen LogP contribution is 2.43. The molecule has 5 heteroatoms. The van der Waals surface area contributed by atoms with Crippen molar-refractivity contribution < 1.29 is 14.7 Å². The van der Waals surface area contributed by atoms with E-state index in [1.54, 1.807) is 36.4 Å². The first-order valence-corrected chi connectivity index (χ1v) is 10.00. The van der Waals surface area contributed by atoms with Gasteiger partial charge in [0.1, 0.15) is 0 Å². The van der Waals surface area contributed by atoms with Crippen LogP contribution in [0.2, 0.25) is 5.02 Å². The summed E-state index contributed by atoms with van der Waals surface area (Å²) in [6.45, 7) is 0.214. The minimum absolute atomic E-state index is 0.214. The maximum Gasteiger partial charge on any atom is 0.264 e. The van der Waals surface area contributed by atoms with E-state index in [1.807, 2.05) is 48.5 Å². The molecule has 0 aromatic heterocycles. The Hall–Kier alpha value is -3.21. The molecule has 0 spiro atoms. The number of fused-ring (bicyclic) bond motifs is 1. The van der Waals surface area contributed by atoms with Crippen LogP contribution < -0.4 is 4.90 Å². The molecule has 0 radical (unpaired) electrons. The van der Waals surface area contributed by atoms with E-state index >= 15 is 0 Å². The number of nitrogens with zero attached hydrogens (tertiary/aromatic N) is 1. The predicted octanol–water partition coefficient (Wildman–Crippen LogP) is 4.75. The summed E-state index contributed by atoms with van der Waals surface area (Å²) >= 11 is 6.27. The zero-order chi connectivity index (χ0) is 21.1. The molecule has 0 unspecified atom stereocenters. The zero-order valence-electron chi connectivity index (χ0n) is 16.2. The number of carbonyl (C=O) groups is 2. The Balaban J connectivity index is 1.61. The highest BCUT2D eigenvalue weighted by molar-refractivity contribution is 6.31. The van der Waals surface area contributed by atoms with Crippen molar-refractivity contribution in [2.24, 2.45) is 0 Å². The van der Waals surface area contributed by atoms with E-state index in [1.165, 1.54) is 11.0 Å². The third kappa shape index (κ3) is 3.80. The molecule has 3 aromatic rings. The summed E-state index contributed by atoms with van der Waals surface area (Å²) in [5.41, 5.74) is 0.752. The number of allylic oxidation sites excluding steroid dienone is 1. The summed E-state index contributed by atoms with van der Waals surface area (Å²) in [4.78, 5) is 27.4. The smallest absolute Gasteiger partial charge is 0.264 e. The number of halogens is 1. The van der Waals surface area contributed by atoms with E-state index in [0.717, 1.165) is 11.1 Å². The first kappa shape index (κ1) is 20.1. The van der Waals surface area contributed by atoms with Crippen LogP contribution in [0.4, 0.5) is 5.69 Å². The molecule has 0 aliphatic carbocycles. The molecule has 1 amide bonds. The molecule has 4 rings (SSSR count). The van der Waals surface area contributed by atoms with E-state index in [0.29, 0.717) is 16.3 Å². The van der Waals surface area contributed by atoms with E-state index in [2.05, 4.69) is 0 Å². The minimum Gasteiger partial charge on any atom is -0.375 e. The van der Waals surface area contributed by atoms with Gasteiger partial charge in [-0.25, -0.2) is 0 Å². The Kier molecular flexibility index (Phi) is 5.53. The van der Waals surface area contributed by atoms with Gasteiger partial charge in [-0.2, -0.15) is 0 Å². The summed E-state index contributed by atoms with van der Waals surface area (Å²) in [6.07, 6.45) is 2.75. The largest absolute Gasteiger partial charge is 0.375 e. The third-order valence-corrected chi connectivity index (χ3v) is 5.59. The first-order chi connectivity index (χ1) is 14.5. The van der Waals surface area contributed by atoms with E-state index in [4.69, 9.17) is 11.6 Å². The molecule has 0 saturated carbocycles. The van der Waals surface area contributed by atoms with Gasteiger partial charge in [-0.15, -0.1) is 0 Å². The Morgan fingerprint density at radius 3 is 2.40 bits per heavy atom. The molecule has 0 saturated heterocycles. The molecule has 0 fully saturated rings. The monoisotopic (exact) mass is 417 g/mol. The fraction of sp³-hybridized carbons (Fsp3) is 0.120. The Morgan fingerprint density at radius 1 is 0.967 bits per heavy atom. The fourth-order valence-electron chi connectivity index (χ4n) is 3.70. The van der Waals surface area contributed by atoms with Crippen LogP contribution in [0.1, 0.15) is 23.1 Å². The number of aliphatic hydroxyl groups is 1. The molecular weight excluding hydrogens is 398 g/mol. The number of anilines is 1. The second-order valence-corrected chi connectivity index (χ2v) is 7.65. The third-order valence-electron chi connectivity index (χ3n) is 5.22. The molecule has 1 atom stereocenters. The summed E-state index contributed by atoms with van der Waals surface area (Å²) < 4.78 is 0. The van der Waals surface area contributed by atoms with E-state index in [9.17, 15) is 14.7 Å². The van der Waals surface area contributed by atoms with Crippen molar-refractivity contribution in [2.75, 3.05) is 4.90 Å². The van der Waals surface area contributed by atoms with Gasteiger partial charge in [0.2, 0.25) is 0 Å². The first-order valence-electron chi connectivity index (χ1n) is 9.62. The van der Waals surface area contributed by atoms with Gasteiger partial charge in [-0.05, 0) is 29.3 Å². The lowest BCUT2D eigenvalue weighted by molar-refractivity contribution is -0.140. The number of ketones is 1. The number of carbonyl (C=O) groups excluding carboxylic acids is 2. The van der Waals surface area contributed by atoms with Crippen molar-refractivity contribution in [1.82, 2.24) is 0 Å². The average Bonchev–Trinajstić information content (AvgIpc) is 2.96. The van der Waals surface area contributed by atoms with Crippen LogP contribution in [0.5, 0.6) is 0 Å². The topological polar surface area (TPSA) is 57.6 Å². The highest BCUT2D eigenvalue weighted by Gasteiger charge is 2.50. The predicted molar refractivity (Wildman–Crippen MR) is 118 cm³/mol. The van der Waals surface area contributed by atoms with Gasteiger partial charge >= 0.3 is 0 Å². The summed E-state index contributed by atoms with van der Waals surface area (Å²) in [6, 6.07) is 23.7.